The van der Waals surface area contributed by atoms with Crippen molar-refractivity contribution in [1.29, 1.82) is 0 Å². The predicted octanol–water partition coefficient (Wildman–Crippen LogP) is 3.75. The Morgan fingerprint density at radius 1 is 1.33 bits per heavy atom. The SMILES string of the molecule is C.CNC(=O)[C@H]1CCCN(Cc2ccc(Oc3cc(F)ccc3F)nc2)C1. The van der Waals surface area contributed by atoms with Crippen LogP contribution in [0.5, 0.6) is 11.6 Å². The largest absolute Gasteiger partial charge is 0.436 e. The lowest BCUT2D eigenvalue weighted by molar-refractivity contribution is -0.126. The van der Waals surface area contributed by atoms with Crippen LogP contribution in [-0.2, 0) is 11.3 Å². The summed E-state index contributed by atoms with van der Waals surface area (Å²) in [6.07, 6.45) is 3.53. The summed E-state index contributed by atoms with van der Waals surface area (Å²) in [5.41, 5.74) is 0.967. The molecular weight excluding hydrogens is 352 g/mol. The minimum absolute atomic E-state index is 0. The number of amides is 1. The van der Waals surface area contributed by atoms with E-state index in [9.17, 15) is 13.6 Å². The fourth-order valence-electron chi connectivity index (χ4n) is 3.11. The Labute approximate surface area is 158 Å². The molecule has 1 N–H and O–H groups in total. The minimum atomic E-state index is -0.647. The van der Waals surface area contributed by atoms with E-state index in [4.69, 9.17) is 4.74 Å². The van der Waals surface area contributed by atoms with Crippen LogP contribution in [0.3, 0.4) is 0 Å². The highest BCUT2D eigenvalue weighted by Gasteiger charge is 2.24. The van der Waals surface area contributed by atoms with Crippen molar-refractivity contribution in [2.75, 3.05) is 20.1 Å². The third-order valence-corrected chi connectivity index (χ3v) is 4.43. The average molecular weight is 377 g/mol. The number of rotatable bonds is 5. The molecule has 7 heteroatoms. The Bertz CT molecular complexity index is 768. The molecule has 5 nitrogen and oxygen atoms in total. The van der Waals surface area contributed by atoms with Crippen molar-refractivity contribution < 1.29 is 18.3 Å². The summed E-state index contributed by atoms with van der Waals surface area (Å²) >= 11 is 0. The second-order valence-electron chi connectivity index (χ2n) is 6.37. The topological polar surface area (TPSA) is 54.5 Å². The molecule has 0 unspecified atom stereocenters. The first-order valence-electron chi connectivity index (χ1n) is 8.57. The molecule has 0 saturated carbocycles. The third kappa shape index (κ3) is 5.47. The van der Waals surface area contributed by atoms with Crippen LogP contribution < -0.4 is 10.1 Å². The van der Waals surface area contributed by atoms with Gasteiger partial charge in [0.05, 0.1) is 5.92 Å². The molecule has 1 saturated heterocycles. The number of carbonyl (C=O) groups is 1. The zero-order valence-electron chi connectivity index (χ0n) is 14.5. The van der Waals surface area contributed by atoms with Gasteiger partial charge in [0.25, 0.3) is 0 Å². The number of hydrogen-bond acceptors (Lipinski definition) is 4. The number of hydrogen-bond donors (Lipinski definition) is 1. The van der Waals surface area contributed by atoms with Gasteiger partial charge in [-0.1, -0.05) is 13.5 Å². The maximum atomic E-state index is 13.6. The molecule has 2 aromatic rings. The highest BCUT2D eigenvalue weighted by Crippen LogP contribution is 2.24. The molecular formula is C20H25F2N3O2. The van der Waals surface area contributed by atoms with Gasteiger partial charge in [-0.3, -0.25) is 9.69 Å². The van der Waals surface area contributed by atoms with Crippen LogP contribution in [0.1, 0.15) is 25.8 Å². The summed E-state index contributed by atoms with van der Waals surface area (Å²) in [6, 6.07) is 6.49. The summed E-state index contributed by atoms with van der Waals surface area (Å²) < 4.78 is 32.1. The molecule has 0 aliphatic carbocycles. The number of aromatic nitrogens is 1. The van der Waals surface area contributed by atoms with Crippen LogP contribution in [0.25, 0.3) is 0 Å². The molecule has 1 aromatic carbocycles. The minimum Gasteiger partial charge on any atom is -0.436 e. The molecule has 3 rings (SSSR count). The molecule has 1 aliphatic heterocycles. The standard InChI is InChI=1S/C19H21F2N3O2.CH4/c1-22-19(25)14-3-2-8-24(12-14)11-13-4-7-18(23-10-13)26-17-9-15(20)5-6-16(17)21;/h4-7,9-10,14H,2-3,8,11-12H2,1H3,(H,22,25);1H4/t14-;/m0./s1. The van der Waals surface area contributed by atoms with Gasteiger partial charge in [0.2, 0.25) is 11.8 Å². The number of nitrogens with one attached hydrogen (secondary N) is 1. The summed E-state index contributed by atoms with van der Waals surface area (Å²) in [5.74, 6) is -1.14. The molecule has 1 aliphatic rings. The maximum absolute atomic E-state index is 13.6. The Hall–Kier alpha value is -2.54. The lowest BCUT2D eigenvalue weighted by Crippen LogP contribution is -2.41. The van der Waals surface area contributed by atoms with Gasteiger partial charge < -0.3 is 10.1 Å². The monoisotopic (exact) mass is 377 g/mol. The van der Waals surface area contributed by atoms with E-state index in [1.165, 1.54) is 0 Å². The van der Waals surface area contributed by atoms with Gasteiger partial charge in [-0.25, -0.2) is 13.8 Å². The summed E-state index contributed by atoms with van der Waals surface area (Å²) in [4.78, 5) is 18.2. The van der Waals surface area contributed by atoms with Gasteiger partial charge in [0.15, 0.2) is 11.6 Å². The Morgan fingerprint density at radius 3 is 2.85 bits per heavy atom. The van der Waals surface area contributed by atoms with E-state index in [1.54, 1.807) is 19.3 Å². The molecule has 1 fully saturated rings. The van der Waals surface area contributed by atoms with Crippen LogP contribution in [0.4, 0.5) is 8.78 Å². The first-order chi connectivity index (χ1) is 12.5. The van der Waals surface area contributed by atoms with E-state index >= 15 is 0 Å². The third-order valence-electron chi connectivity index (χ3n) is 4.43. The zero-order chi connectivity index (χ0) is 18.5. The summed E-state index contributed by atoms with van der Waals surface area (Å²) in [7, 11) is 1.66. The van der Waals surface area contributed by atoms with E-state index < -0.39 is 11.6 Å². The van der Waals surface area contributed by atoms with E-state index in [1.807, 2.05) is 6.07 Å². The molecule has 1 amide bonds. The highest BCUT2D eigenvalue weighted by molar-refractivity contribution is 5.78. The lowest BCUT2D eigenvalue weighted by Gasteiger charge is -2.31. The van der Waals surface area contributed by atoms with E-state index in [0.717, 1.165) is 43.1 Å². The molecule has 2 heterocycles. The Morgan fingerprint density at radius 2 is 2.15 bits per heavy atom. The maximum Gasteiger partial charge on any atom is 0.224 e. The van der Waals surface area contributed by atoms with Gasteiger partial charge >= 0.3 is 0 Å². The van der Waals surface area contributed by atoms with Gasteiger partial charge in [0.1, 0.15) is 5.82 Å². The smallest absolute Gasteiger partial charge is 0.224 e. The number of pyridine rings is 1. The zero-order valence-corrected chi connectivity index (χ0v) is 14.5. The van der Waals surface area contributed by atoms with Gasteiger partial charge in [-0.05, 0) is 37.1 Å². The van der Waals surface area contributed by atoms with Crippen molar-refractivity contribution in [2.45, 2.75) is 26.8 Å². The molecule has 0 spiro atoms. The van der Waals surface area contributed by atoms with Crippen LogP contribution in [0.15, 0.2) is 36.5 Å². The van der Waals surface area contributed by atoms with Crippen LogP contribution in [0.2, 0.25) is 0 Å². The molecule has 0 radical (unpaired) electrons. The predicted molar refractivity (Wildman–Crippen MR) is 99.5 cm³/mol. The van der Waals surface area contributed by atoms with Crippen molar-refractivity contribution in [3.63, 3.8) is 0 Å². The van der Waals surface area contributed by atoms with E-state index in [2.05, 4.69) is 15.2 Å². The van der Waals surface area contributed by atoms with Crippen LogP contribution in [0, 0.1) is 17.6 Å². The quantitative estimate of drug-likeness (QED) is 0.862. The van der Waals surface area contributed by atoms with Crippen molar-refractivity contribution in [1.82, 2.24) is 15.2 Å². The summed E-state index contributed by atoms with van der Waals surface area (Å²) in [5, 5.41) is 2.71. The van der Waals surface area contributed by atoms with Crippen molar-refractivity contribution in [2.24, 2.45) is 5.92 Å². The molecule has 146 valence electrons. The van der Waals surface area contributed by atoms with Crippen molar-refractivity contribution in [3.8, 4) is 11.6 Å². The number of ether oxygens (including phenoxy) is 1. The van der Waals surface area contributed by atoms with Gasteiger partial charge in [-0.15, -0.1) is 0 Å². The number of halogens is 2. The molecule has 0 bridgehead atoms. The number of likely N-dealkylation sites (tertiary alicyclic amines) is 1. The molecule has 1 aromatic heterocycles. The second kappa shape index (κ2) is 9.41. The first-order valence-corrected chi connectivity index (χ1v) is 8.57. The number of piperidine rings is 1. The average Bonchev–Trinajstić information content (AvgIpc) is 2.66. The second-order valence-corrected chi connectivity index (χ2v) is 6.37. The molecule has 1 atom stereocenters. The first kappa shape index (κ1) is 20.8. The Balaban J connectivity index is 0.00000261. The van der Waals surface area contributed by atoms with Crippen LogP contribution in [-0.4, -0.2) is 35.9 Å². The normalized spacial score (nSPS) is 17.1. The van der Waals surface area contributed by atoms with E-state index in [-0.39, 0.29) is 30.9 Å². The van der Waals surface area contributed by atoms with Crippen molar-refractivity contribution in [3.05, 3.63) is 53.7 Å². The fraction of sp³-hybridized carbons (Fsp3) is 0.400. The summed E-state index contributed by atoms with van der Waals surface area (Å²) in [6.45, 7) is 2.32. The van der Waals surface area contributed by atoms with Gasteiger partial charge in [-0.2, -0.15) is 0 Å². The van der Waals surface area contributed by atoms with Crippen LogP contribution >= 0.6 is 0 Å². The number of carbonyl (C=O) groups excluding carboxylic acids is 1. The van der Waals surface area contributed by atoms with Crippen molar-refractivity contribution >= 4 is 5.91 Å². The van der Waals surface area contributed by atoms with Gasteiger partial charge in [0, 0.05) is 38.5 Å². The Kier molecular flexibility index (Phi) is 7.24. The number of benzene rings is 1. The fourth-order valence-corrected chi connectivity index (χ4v) is 3.11. The lowest BCUT2D eigenvalue weighted by atomic mass is 9.97. The molecule has 27 heavy (non-hydrogen) atoms. The highest BCUT2D eigenvalue weighted by atomic mass is 19.1. The van der Waals surface area contributed by atoms with E-state index in [0.29, 0.717) is 13.1 Å². The number of nitrogens with zero attached hydrogens (tertiary/aromatic N) is 2.